The maximum absolute atomic E-state index is 6.00. The van der Waals surface area contributed by atoms with E-state index in [1.807, 2.05) is 18.2 Å². The van der Waals surface area contributed by atoms with Gasteiger partial charge < -0.3 is 10.1 Å². The second-order valence-corrected chi connectivity index (χ2v) is 5.35. The van der Waals surface area contributed by atoms with Crippen molar-refractivity contribution in [3.05, 3.63) is 54.6 Å². The fourth-order valence-electron chi connectivity index (χ4n) is 2.29. The molecule has 2 nitrogen and oxygen atoms in total. The van der Waals surface area contributed by atoms with Gasteiger partial charge in [-0.25, -0.2) is 0 Å². The van der Waals surface area contributed by atoms with E-state index < -0.39 is 0 Å². The molecule has 21 heavy (non-hydrogen) atoms. The van der Waals surface area contributed by atoms with Crippen molar-refractivity contribution in [3.8, 4) is 16.9 Å². The molecule has 0 heterocycles. The second kappa shape index (κ2) is 8.48. The van der Waals surface area contributed by atoms with Crippen LogP contribution in [-0.2, 0) is 0 Å². The lowest BCUT2D eigenvalue weighted by Crippen LogP contribution is -2.28. The molecule has 0 aliphatic carbocycles. The lowest BCUT2D eigenvalue weighted by Gasteiger charge is -2.15. The Morgan fingerprint density at radius 3 is 2.48 bits per heavy atom. The van der Waals surface area contributed by atoms with Crippen molar-refractivity contribution < 1.29 is 4.74 Å². The van der Waals surface area contributed by atoms with E-state index in [4.69, 9.17) is 4.74 Å². The molecule has 2 heteroatoms. The molecular formula is C19H25NO. The minimum atomic E-state index is 0.494. The van der Waals surface area contributed by atoms with Crippen LogP contribution in [0.5, 0.6) is 5.75 Å². The molecule has 0 amide bonds. The first kappa shape index (κ1) is 15.6. The van der Waals surface area contributed by atoms with Crippen molar-refractivity contribution in [2.24, 2.45) is 0 Å². The average Bonchev–Trinajstić information content (AvgIpc) is 2.54. The molecule has 0 bridgehead atoms. The summed E-state index contributed by atoms with van der Waals surface area (Å²) in [6.45, 7) is 6.21. The molecular weight excluding hydrogens is 258 g/mol. The lowest BCUT2D eigenvalue weighted by molar-refractivity contribution is 0.291. The number of ether oxygens (including phenoxy) is 1. The zero-order chi connectivity index (χ0) is 14.9. The Kier molecular flexibility index (Phi) is 6.29. The van der Waals surface area contributed by atoms with Gasteiger partial charge in [0.05, 0.1) is 6.61 Å². The molecule has 0 fully saturated rings. The Labute approximate surface area is 128 Å². The van der Waals surface area contributed by atoms with Crippen LogP contribution in [0.3, 0.4) is 0 Å². The van der Waals surface area contributed by atoms with Gasteiger partial charge in [-0.1, -0.05) is 55.5 Å². The summed E-state index contributed by atoms with van der Waals surface area (Å²) in [6.07, 6.45) is 2.19. The standard InChI is InChI=1S/C19H25NO/c1-3-14-20-16(2)13-15-21-19-12-8-7-11-18(19)17-9-5-4-6-10-17/h4-12,16,20H,3,13-15H2,1-2H3. The molecule has 0 aliphatic rings. The van der Waals surface area contributed by atoms with Crippen molar-refractivity contribution in [2.45, 2.75) is 32.7 Å². The van der Waals surface area contributed by atoms with E-state index in [0.29, 0.717) is 6.04 Å². The molecule has 0 saturated carbocycles. The molecule has 0 spiro atoms. The van der Waals surface area contributed by atoms with E-state index in [0.717, 1.165) is 30.9 Å². The SMILES string of the molecule is CCCNC(C)CCOc1ccccc1-c1ccccc1. The normalized spacial score (nSPS) is 12.1. The van der Waals surface area contributed by atoms with Crippen LogP contribution in [0.25, 0.3) is 11.1 Å². The Hall–Kier alpha value is -1.80. The topological polar surface area (TPSA) is 21.3 Å². The first-order valence-electron chi connectivity index (χ1n) is 7.82. The Morgan fingerprint density at radius 1 is 1.00 bits per heavy atom. The van der Waals surface area contributed by atoms with Gasteiger partial charge in [0.25, 0.3) is 0 Å². The minimum absolute atomic E-state index is 0.494. The fraction of sp³-hybridized carbons (Fsp3) is 0.368. The summed E-state index contributed by atoms with van der Waals surface area (Å²) in [4.78, 5) is 0. The van der Waals surface area contributed by atoms with E-state index in [-0.39, 0.29) is 0 Å². The maximum atomic E-state index is 6.00. The van der Waals surface area contributed by atoms with Crippen molar-refractivity contribution in [1.29, 1.82) is 0 Å². The molecule has 1 unspecified atom stereocenters. The van der Waals surface area contributed by atoms with E-state index in [9.17, 15) is 0 Å². The van der Waals surface area contributed by atoms with Gasteiger partial charge in [-0.2, -0.15) is 0 Å². The van der Waals surface area contributed by atoms with Gasteiger partial charge >= 0.3 is 0 Å². The van der Waals surface area contributed by atoms with E-state index in [1.54, 1.807) is 0 Å². The summed E-state index contributed by atoms with van der Waals surface area (Å²) in [5.41, 5.74) is 2.36. The highest BCUT2D eigenvalue weighted by Crippen LogP contribution is 2.29. The van der Waals surface area contributed by atoms with Crippen LogP contribution in [0.1, 0.15) is 26.7 Å². The van der Waals surface area contributed by atoms with E-state index in [1.165, 1.54) is 12.0 Å². The van der Waals surface area contributed by atoms with Gasteiger partial charge in [0.2, 0.25) is 0 Å². The molecule has 0 aromatic heterocycles. The van der Waals surface area contributed by atoms with Crippen LogP contribution in [0, 0.1) is 0 Å². The van der Waals surface area contributed by atoms with Crippen molar-refractivity contribution >= 4 is 0 Å². The van der Waals surface area contributed by atoms with Gasteiger partial charge in [-0.3, -0.25) is 0 Å². The number of hydrogen-bond donors (Lipinski definition) is 1. The third-order valence-corrected chi connectivity index (χ3v) is 3.52. The molecule has 0 radical (unpaired) electrons. The van der Waals surface area contributed by atoms with Gasteiger partial charge in [0.1, 0.15) is 5.75 Å². The molecule has 2 rings (SSSR count). The van der Waals surface area contributed by atoms with Crippen LogP contribution in [0.15, 0.2) is 54.6 Å². The van der Waals surface area contributed by atoms with Crippen LogP contribution >= 0.6 is 0 Å². The average molecular weight is 283 g/mol. The van der Waals surface area contributed by atoms with E-state index >= 15 is 0 Å². The molecule has 112 valence electrons. The molecule has 2 aromatic carbocycles. The predicted octanol–water partition coefficient (Wildman–Crippen LogP) is 4.51. The number of nitrogens with one attached hydrogen (secondary N) is 1. The summed E-state index contributed by atoms with van der Waals surface area (Å²) < 4.78 is 6.00. The summed E-state index contributed by atoms with van der Waals surface area (Å²) in [5.74, 6) is 0.964. The second-order valence-electron chi connectivity index (χ2n) is 5.35. The lowest BCUT2D eigenvalue weighted by atomic mass is 10.1. The Bertz CT molecular complexity index is 524. The van der Waals surface area contributed by atoms with Crippen molar-refractivity contribution in [3.63, 3.8) is 0 Å². The summed E-state index contributed by atoms with van der Waals surface area (Å²) in [7, 11) is 0. The smallest absolute Gasteiger partial charge is 0.127 e. The van der Waals surface area contributed by atoms with Gasteiger partial charge in [-0.05, 0) is 37.9 Å². The largest absolute Gasteiger partial charge is 0.493 e. The number of hydrogen-bond acceptors (Lipinski definition) is 2. The first-order valence-corrected chi connectivity index (χ1v) is 7.82. The molecule has 1 N–H and O–H groups in total. The highest BCUT2D eigenvalue weighted by molar-refractivity contribution is 5.70. The van der Waals surface area contributed by atoms with Crippen LogP contribution in [0.4, 0.5) is 0 Å². The molecule has 0 aliphatic heterocycles. The quantitative estimate of drug-likeness (QED) is 0.769. The van der Waals surface area contributed by atoms with Crippen molar-refractivity contribution in [1.82, 2.24) is 5.32 Å². The van der Waals surface area contributed by atoms with Crippen LogP contribution in [-0.4, -0.2) is 19.2 Å². The third-order valence-electron chi connectivity index (χ3n) is 3.52. The van der Waals surface area contributed by atoms with Gasteiger partial charge in [0.15, 0.2) is 0 Å². The molecule has 2 aromatic rings. The number of para-hydroxylation sites is 1. The van der Waals surface area contributed by atoms with Crippen molar-refractivity contribution in [2.75, 3.05) is 13.2 Å². The summed E-state index contributed by atoms with van der Waals surface area (Å²) >= 11 is 0. The highest BCUT2D eigenvalue weighted by atomic mass is 16.5. The number of rotatable bonds is 8. The summed E-state index contributed by atoms with van der Waals surface area (Å²) in [5, 5.41) is 3.48. The van der Waals surface area contributed by atoms with Gasteiger partial charge in [0, 0.05) is 11.6 Å². The van der Waals surface area contributed by atoms with Crippen LogP contribution in [0.2, 0.25) is 0 Å². The maximum Gasteiger partial charge on any atom is 0.127 e. The summed E-state index contributed by atoms with van der Waals surface area (Å²) in [6, 6.07) is 19.1. The fourth-order valence-corrected chi connectivity index (χ4v) is 2.29. The minimum Gasteiger partial charge on any atom is -0.493 e. The highest BCUT2D eigenvalue weighted by Gasteiger charge is 2.06. The molecule has 0 saturated heterocycles. The van der Waals surface area contributed by atoms with E-state index in [2.05, 4.69) is 55.6 Å². The first-order chi connectivity index (χ1) is 10.3. The molecule has 1 atom stereocenters. The number of benzene rings is 2. The Balaban J connectivity index is 1.95. The predicted molar refractivity (Wildman–Crippen MR) is 89.7 cm³/mol. The third kappa shape index (κ3) is 4.91. The Morgan fingerprint density at radius 2 is 1.71 bits per heavy atom. The van der Waals surface area contributed by atoms with Gasteiger partial charge in [-0.15, -0.1) is 0 Å². The monoisotopic (exact) mass is 283 g/mol. The zero-order valence-corrected chi connectivity index (χ0v) is 13.0. The van der Waals surface area contributed by atoms with Crippen LogP contribution < -0.4 is 10.1 Å². The zero-order valence-electron chi connectivity index (χ0n) is 13.0.